The summed E-state index contributed by atoms with van der Waals surface area (Å²) in [6.07, 6.45) is 5.44. The van der Waals surface area contributed by atoms with Crippen molar-refractivity contribution in [2.45, 2.75) is 75.9 Å². The number of rotatable bonds is 13. The molecule has 2 amide bonds. The van der Waals surface area contributed by atoms with Crippen LogP contribution in [0.2, 0.25) is 5.02 Å². The Morgan fingerprint density at radius 3 is 2.18 bits per heavy atom. The van der Waals surface area contributed by atoms with Crippen molar-refractivity contribution in [3.8, 4) is 5.75 Å². The Hall–Kier alpha value is -3.08. The van der Waals surface area contributed by atoms with Crippen LogP contribution in [-0.4, -0.2) is 50.4 Å². The Bertz CT molecular complexity index is 1500. The van der Waals surface area contributed by atoms with Crippen LogP contribution in [0.4, 0.5) is 5.69 Å². The first-order chi connectivity index (χ1) is 21.1. The number of halogens is 2. The summed E-state index contributed by atoms with van der Waals surface area (Å²) in [6.45, 7) is 3.78. The Balaban J connectivity index is 1.70. The van der Waals surface area contributed by atoms with Crippen LogP contribution in [0.25, 0.3) is 0 Å². The van der Waals surface area contributed by atoms with Crippen LogP contribution in [0, 0.1) is 0 Å². The molecule has 0 aliphatic heterocycles. The van der Waals surface area contributed by atoms with Gasteiger partial charge < -0.3 is 15.0 Å². The molecule has 44 heavy (non-hydrogen) atoms. The minimum Gasteiger partial charge on any atom is -0.494 e. The summed E-state index contributed by atoms with van der Waals surface area (Å²) in [6, 6.07) is 19.2. The van der Waals surface area contributed by atoms with Crippen molar-refractivity contribution in [2.75, 3.05) is 17.5 Å². The SMILES string of the molecule is CCOc1ccc(N(CC(=O)N(Cc2ccc(Cl)cc2)[C@H](CC)C(=O)NC2CCCCC2)S(=O)(=O)c2ccc(Br)cc2)cc1. The third-order valence-electron chi connectivity index (χ3n) is 7.72. The molecule has 8 nitrogen and oxygen atoms in total. The van der Waals surface area contributed by atoms with Crippen molar-refractivity contribution in [1.29, 1.82) is 0 Å². The monoisotopic (exact) mass is 703 g/mol. The second kappa shape index (κ2) is 15.8. The van der Waals surface area contributed by atoms with E-state index in [4.69, 9.17) is 16.3 Å². The Morgan fingerprint density at radius 1 is 0.955 bits per heavy atom. The van der Waals surface area contributed by atoms with Gasteiger partial charge in [-0.05, 0) is 92.4 Å². The zero-order valence-electron chi connectivity index (χ0n) is 25.0. The van der Waals surface area contributed by atoms with Gasteiger partial charge in [-0.1, -0.05) is 65.8 Å². The summed E-state index contributed by atoms with van der Waals surface area (Å²) in [7, 11) is -4.17. The summed E-state index contributed by atoms with van der Waals surface area (Å²) in [4.78, 5) is 29.5. The van der Waals surface area contributed by atoms with Crippen molar-refractivity contribution in [3.63, 3.8) is 0 Å². The zero-order chi connectivity index (χ0) is 31.7. The standard InChI is InChI=1S/C33H39BrClN3O5S/c1-3-31(33(40)36-27-8-6-5-7-9-27)37(22-24-10-14-26(35)15-11-24)32(39)23-38(28-16-18-29(19-17-28)43-4-2)44(41,42)30-20-12-25(34)13-21-30/h10-21,27,31H,3-9,22-23H2,1-2H3,(H,36,40)/t31-/m1/s1. The van der Waals surface area contributed by atoms with E-state index >= 15 is 0 Å². The maximum absolute atomic E-state index is 14.3. The van der Waals surface area contributed by atoms with Crippen LogP contribution in [0.5, 0.6) is 5.75 Å². The van der Waals surface area contributed by atoms with Gasteiger partial charge in [0, 0.05) is 22.1 Å². The third kappa shape index (κ3) is 8.76. The molecule has 0 radical (unpaired) electrons. The fraction of sp³-hybridized carbons (Fsp3) is 0.394. The maximum atomic E-state index is 14.3. The molecule has 3 aromatic rings. The number of sulfonamides is 1. The maximum Gasteiger partial charge on any atom is 0.264 e. The number of nitrogens with one attached hydrogen (secondary N) is 1. The lowest BCUT2D eigenvalue weighted by Crippen LogP contribution is -2.54. The molecule has 1 atom stereocenters. The second-order valence-corrected chi connectivity index (χ2v) is 14.0. The predicted octanol–water partition coefficient (Wildman–Crippen LogP) is 6.95. The quantitative estimate of drug-likeness (QED) is 0.208. The highest BCUT2D eigenvalue weighted by Gasteiger charge is 2.34. The first kappa shape index (κ1) is 33.8. The number of nitrogens with zero attached hydrogens (tertiary/aromatic N) is 2. The van der Waals surface area contributed by atoms with Gasteiger partial charge in [0.1, 0.15) is 18.3 Å². The lowest BCUT2D eigenvalue weighted by molar-refractivity contribution is -0.140. The van der Waals surface area contributed by atoms with Gasteiger partial charge in [0.05, 0.1) is 17.2 Å². The van der Waals surface area contributed by atoms with Crippen molar-refractivity contribution in [3.05, 3.63) is 87.9 Å². The van der Waals surface area contributed by atoms with Crippen molar-refractivity contribution < 1.29 is 22.7 Å². The molecule has 0 aromatic heterocycles. The van der Waals surface area contributed by atoms with E-state index in [2.05, 4.69) is 21.2 Å². The molecule has 4 rings (SSSR count). The van der Waals surface area contributed by atoms with E-state index in [0.717, 1.165) is 46.4 Å². The molecule has 11 heteroatoms. The summed E-state index contributed by atoms with van der Waals surface area (Å²) in [5, 5.41) is 3.71. The first-order valence-electron chi connectivity index (χ1n) is 15.0. The van der Waals surface area contributed by atoms with Gasteiger partial charge in [-0.2, -0.15) is 0 Å². The van der Waals surface area contributed by atoms with Crippen LogP contribution in [0.15, 0.2) is 82.2 Å². The summed E-state index contributed by atoms with van der Waals surface area (Å²) < 4.78 is 35.5. The largest absolute Gasteiger partial charge is 0.494 e. The van der Waals surface area contributed by atoms with E-state index in [0.29, 0.717) is 29.5 Å². The number of carbonyl (C=O) groups is 2. The number of ether oxygens (including phenoxy) is 1. The zero-order valence-corrected chi connectivity index (χ0v) is 28.2. The molecule has 1 saturated carbocycles. The molecule has 0 heterocycles. The first-order valence-corrected chi connectivity index (χ1v) is 17.6. The molecular formula is C33H39BrClN3O5S. The lowest BCUT2D eigenvalue weighted by atomic mass is 9.95. The van der Waals surface area contributed by atoms with Crippen LogP contribution >= 0.6 is 27.5 Å². The Labute approximate surface area is 273 Å². The number of hydrogen-bond acceptors (Lipinski definition) is 5. The summed E-state index contributed by atoms with van der Waals surface area (Å²) >= 11 is 9.47. The average molecular weight is 705 g/mol. The van der Waals surface area contributed by atoms with E-state index in [9.17, 15) is 18.0 Å². The highest BCUT2D eigenvalue weighted by Crippen LogP contribution is 2.28. The van der Waals surface area contributed by atoms with Crippen LogP contribution in [0.1, 0.15) is 57.9 Å². The average Bonchev–Trinajstić information content (AvgIpc) is 3.02. The minimum absolute atomic E-state index is 0.0359. The van der Waals surface area contributed by atoms with Gasteiger partial charge in [0.2, 0.25) is 11.8 Å². The molecule has 0 bridgehead atoms. The number of amides is 2. The fourth-order valence-electron chi connectivity index (χ4n) is 5.39. The number of hydrogen-bond donors (Lipinski definition) is 1. The molecule has 236 valence electrons. The second-order valence-electron chi connectivity index (χ2n) is 10.8. The summed E-state index contributed by atoms with van der Waals surface area (Å²) in [5.74, 6) is -0.149. The third-order valence-corrected chi connectivity index (χ3v) is 10.3. The molecule has 3 aromatic carbocycles. The molecule has 1 fully saturated rings. The molecule has 0 spiro atoms. The Kier molecular flexibility index (Phi) is 12.1. The van der Waals surface area contributed by atoms with Crippen LogP contribution in [-0.2, 0) is 26.2 Å². The van der Waals surface area contributed by atoms with E-state index in [1.165, 1.54) is 17.0 Å². The van der Waals surface area contributed by atoms with Crippen molar-refractivity contribution in [1.82, 2.24) is 10.2 Å². The topological polar surface area (TPSA) is 96.0 Å². The number of benzene rings is 3. The van der Waals surface area contributed by atoms with E-state index < -0.39 is 28.5 Å². The van der Waals surface area contributed by atoms with Crippen molar-refractivity contribution >= 4 is 55.1 Å². The highest BCUT2D eigenvalue weighted by molar-refractivity contribution is 9.10. The molecule has 1 N–H and O–H groups in total. The van der Waals surface area contributed by atoms with Crippen LogP contribution in [0.3, 0.4) is 0 Å². The van der Waals surface area contributed by atoms with E-state index in [1.54, 1.807) is 60.7 Å². The molecular weight excluding hydrogens is 666 g/mol. The van der Waals surface area contributed by atoms with Gasteiger partial charge in [-0.25, -0.2) is 8.42 Å². The summed E-state index contributed by atoms with van der Waals surface area (Å²) in [5.41, 5.74) is 1.07. The normalized spacial score (nSPS) is 14.5. The highest BCUT2D eigenvalue weighted by atomic mass is 79.9. The smallest absolute Gasteiger partial charge is 0.264 e. The predicted molar refractivity (Wildman–Crippen MR) is 177 cm³/mol. The number of carbonyl (C=O) groups excluding carboxylic acids is 2. The Morgan fingerprint density at radius 2 is 1.59 bits per heavy atom. The van der Waals surface area contributed by atoms with Gasteiger partial charge in [0.15, 0.2) is 0 Å². The van der Waals surface area contributed by atoms with Crippen molar-refractivity contribution in [2.24, 2.45) is 0 Å². The van der Waals surface area contributed by atoms with Gasteiger partial charge in [0.25, 0.3) is 10.0 Å². The van der Waals surface area contributed by atoms with Crippen LogP contribution < -0.4 is 14.4 Å². The molecule has 1 aliphatic rings. The lowest BCUT2D eigenvalue weighted by Gasteiger charge is -2.34. The van der Waals surface area contributed by atoms with Gasteiger partial charge in [-0.15, -0.1) is 0 Å². The molecule has 1 aliphatic carbocycles. The fourth-order valence-corrected chi connectivity index (χ4v) is 7.19. The van der Waals surface area contributed by atoms with Gasteiger partial charge >= 0.3 is 0 Å². The number of anilines is 1. The van der Waals surface area contributed by atoms with E-state index in [-0.39, 0.29) is 23.4 Å². The molecule has 0 saturated heterocycles. The molecule has 0 unspecified atom stereocenters. The minimum atomic E-state index is -4.17. The van der Waals surface area contributed by atoms with Gasteiger partial charge in [-0.3, -0.25) is 13.9 Å². The van der Waals surface area contributed by atoms with E-state index in [1.807, 2.05) is 13.8 Å².